The van der Waals surface area contributed by atoms with E-state index < -0.39 is 0 Å². The van der Waals surface area contributed by atoms with Gasteiger partial charge in [0.05, 0.1) is 0 Å². The van der Waals surface area contributed by atoms with Crippen molar-refractivity contribution in [2.24, 2.45) is 0 Å². The molecule has 0 aliphatic carbocycles. The largest absolute Gasteiger partial charge is 0.340 e. The zero-order chi connectivity index (χ0) is 19.2. The molecule has 7 heteroatoms. The smallest absolute Gasteiger partial charge is 0.323 e. The average Bonchev–Trinajstić information content (AvgIpc) is 2.62. The molecule has 1 heterocycles. The van der Waals surface area contributed by atoms with Crippen LogP contribution in [-0.4, -0.2) is 16.0 Å². The number of hydrogen-bond donors (Lipinski definition) is 3. The fourth-order valence-corrected chi connectivity index (χ4v) is 2.79. The molecule has 3 N–H and O–H groups in total. The van der Waals surface area contributed by atoms with Gasteiger partial charge >= 0.3 is 6.03 Å². The van der Waals surface area contributed by atoms with Crippen LogP contribution in [0, 0.1) is 6.92 Å². The Hall–Kier alpha value is -3.12. The molecule has 3 aromatic rings. The molecule has 0 aliphatic rings. The lowest BCUT2D eigenvalue weighted by atomic mass is 10.1. The van der Waals surface area contributed by atoms with Gasteiger partial charge in [0.25, 0.3) is 0 Å². The summed E-state index contributed by atoms with van der Waals surface area (Å²) in [5, 5.41) is 9.47. The van der Waals surface area contributed by atoms with Crippen molar-refractivity contribution in [1.29, 1.82) is 0 Å². The number of hydrogen-bond acceptors (Lipinski definition) is 4. The highest BCUT2D eigenvalue weighted by molar-refractivity contribution is 6.30. The van der Waals surface area contributed by atoms with Crippen molar-refractivity contribution in [3.8, 4) is 0 Å². The number of urea groups is 1. The first-order valence-electron chi connectivity index (χ1n) is 8.55. The van der Waals surface area contributed by atoms with Crippen LogP contribution >= 0.6 is 11.6 Å². The summed E-state index contributed by atoms with van der Waals surface area (Å²) in [6.07, 6.45) is 2.30. The summed E-state index contributed by atoms with van der Waals surface area (Å²) in [7, 11) is 0. The van der Waals surface area contributed by atoms with Gasteiger partial charge in [-0.2, -0.15) is 0 Å². The highest BCUT2D eigenvalue weighted by Crippen LogP contribution is 2.24. The SMILES string of the molecule is CCc1ccc(Nc2cc(C)ncn2)cc1NC(=O)Nc1cccc(Cl)c1. The van der Waals surface area contributed by atoms with E-state index in [4.69, 9.17) is 11.6 Å². The Bertz CT molecular complexity index is 961. The van der Waals surface area contributed by atoms with Crippen LogP contribution in [0.1, 0.15) is 18.2 Å². The summed E-state index contributed by atoms with van der Waals surface area (Å²) in [5.74, 6) is 0.695. The van der Waals surface area contributed by atoms with Gasteiger partial charge in [-0.05, 0) is 49.2 Å². The monoisotopic (exact) mass is 381 g/mol. The molecule has 1 aromatic heterocycles. The van der Waals surface area contributed by atoms with E-state index in [0.717, 1.165) is 29.1 Å². The van der Waals surface area contributed by atoms with Gasteiger partial charge in [0.1, 0.15) is 12.1 Å². The van der Waals surface area contributed by atoms with E-state index in [-0.39, 0.29) is 6.03 Å². The molecule has 2 aromatic carbocycles. The Morgan fingerprint density at radius 1 is 1.04 bits per heavy atom. The van der Waals surface area contributed by atoms with E-state index in [9.17, 15) is 4.79 Å². The molecule has 0 fully saturated rings. The van der Waals surface area contributed by atoms with E-state index in [1.807, 2.05) is 38.1 Å². The third-order valence-corrected chi connectivity index (χ3v) is 4.13. The minimum absolute atomic E-state index is 0.331. The van der Waals surface area contributed by atoms with E-state index >= 15 is 0 Å². The van der Waals surface area contributed by atoms with Crippen molar-refractivity contribution in [3.63, 3.8) is 0 Å². The summed E-state index contributed by atoms with van der Waals surface area (Å²) in [5.41, 5.74) is 4.08. The van der Waals surface area contributed by atoms with Crippen molar-refractivity contribution in [2.75, 3.05) is 16.0 Å². The zero-order valence-corrected chi connectivity index (χ0v) is 15.8. The third-order valence-electron chi connectivity index (χ3n) is 3.90. The quantitative estimate of drug-likeness (QED) is 0.553. The first kappa shape index (κ1) is 18.7. The number of nitrogens with zero attached hydrogens (tertiary/aromatic N) is 2. The van der Waals surface area contributed by atoms with E-state index in [0.29, 0.717) is 16.5 Å². The van der Waals surface area contributed by atoms with Crippen LogP contribution in [0.4, 0.5) is 27.7 Å². The van der Waals surface area contributed by atoms with Crippen molar-refractivity contribution in [1.82, 2.24) is 9.97 Å². The summed E-state index contributed by atoms with van der Waals surface area (Å²) >= 11 is 5.95. The average molecular weight is 382 g/mol. The second-order valence-electron chi connectivity index (χ2n) is 5.98. The van der Waals surface area contributed by atoms with E-state index in [1.165, 1.54) is 6.33 Å². The minimum atomic E-state index is -0.331. The summed E-state index contributed by atoms with van der Waals surface area (Å²) in [4.78, 5) is 20.7. The van der Waals surface area contributed by atoms with Crippen molar-refractivity contribution in [3.05, 3.63) is 71.1 Å². The molecule has 0 radical (unpaired) electrons. The molecule has 3 rings (SSSR count). The van der Waals surface area contributed by atoms with Crippen LogP contribution in [-0.2, 0) is 6.42 Å². The Balaban J connectivity index is 1.76. The van der Waals surface area contributed by atoms with Crippen LogP contribution < -0.4 is 16.0 Å². The fraction of sp³-hybridized carbons (Fsp3) is 0.150. The number of rotatable bonds is 5. The number of carbonyl (C=O) groups is 1. The van der Waals surface area contributed by atoms with Crippen LogP contribution in [0.25, 0.3) is 0 Å². The second kappa shape index (κ2) is 8.51. The number of aromatic nitrogens is 2. The van der Waals surface area contributed by atoms with Crippen LogP contribution in [0.3, 0.4) is 0 Å². The molecule has 0 bridgehead atoms. The summed E-state index contributed by atoms with van der Waals surface area (Å²) < 4.78 is 0. The van der Waals surface area contributed by atoms with E-state index in [2.05, 4.69) is 25.9 Å². The number of anilines is 4. The standard InChI is InChI=1S/C20H20ClN5O/c1-3-14-7-8-17(24-19-9-13(2)22-12-23-19)11-18(14)26-20(27)25-16-6-4-5-15(21)10-16/h4-12H,3H2,1-2H3,(H,22,23,24)(H2,25,26,27). The first-order chi connectivity index (χ1) is 13.0. The maximum atomic E-state index is 12.4. The molecule has 0 saturated carbocycles. The first-order valence-corrected chi connectivity index (χ1v) is 8.93. The Morgan fingerprint density at radius 2 is 1.89 bits per heavy atom. The van der Waals surface area contributed by atoms with Gasteiger partial charge < -0.3 is 16.0 Å². The number of nitrogens with one attached hydrogen (secondary N) is 3. The molecular weight excluding hydrogens is 362 g/mol. The Labute approximate surface area is 163 Å². The maximum absolute atomic E-state index is 12.4. The van der Waals surface area contributed by atoms with Crippen LogP contribution in [0.15, 0.2) is 54.9 Å². The molecule has 138 valence electrons. The van der Waals surface area contributed by atoms with Gasteiger partial charge in [0.15, 0.2) is 0 Å². The summed E-state index contributed by atoms with van der Waals surface area (Å²) in [6, 6.07) is 14.3. The van der Waals surface area contributed by atoms with Crippen molar-refractivity contribution >= 4 is 40.5 Å². The Morgan fingerprint density at radius 3 is 2.63 bits per heavy atom. The lowest BCUT2D eigenvalue weighted by molar-refractivity contribution is 0.262. The molecule has 6 nitrogen and oxygen atoms in total. The van der Waals surface area contributed by atoms with Gasteiger partial charge in [0, 0.05) is 33.8 Å². The summed E-state index contributed by atoms with van der Waals surface area (Å²) in [6.45, 7) is 3.94. The number of amides is 2. The molecule has 0 unspecified atom stereocenters. The number of halogens is 1. The van der Waals surface area contributed by atoms with Gasteiger partial charge in [-0.3, -0.25) is 0 Å². The lowest BCUT2D eigenvalue weighted by Gasteiger charge is -2.14. The van der Waals surface area contributed by atoms with Gasteiger partial charge in [0.2, 0.25) is 0 Å². The minimum Gasteiger partial charge on any atom is -0.340 e. The predicted molar refractivity (Wildman–Crippen MR) is 110 cm³/mol. The molecular formula is C20H20ClN5O. The highest BCUT2D eigenvalue weighted by Gasteiger charge is 2.08. The van der Waals surface area contributed by atoms with E-state index in [1.54, 1.807) is 24.3 Å². The van der Waals surface area contributed by atoms with Crippen LogP contribution in [0.5, 0.6) is 0 Å². The molecule has 0 saturated heterocycles. The highest BCUT2D eigenvalue weighted by atomic mass is 35.5. The molecule has 0 spiro atoms. The van der Waals surface area contributed by atoms with Gasteiger partial charge in [-0.25, -0.2) is 14.8 Å². The molecule has 27 heavy (non-hydrogen) atoms. The Kier molecular flexibility index (Phi) is 5.88. The van der Waals surface area contributed by atoms with Crippen molar-refractivity contribution in [2.45, 2.75) is 20.3 Å². The molecule has 0 aliphatic heterocycles. The van der Waals surface area contributed by atoms with Gasteiger partial charge in [-0.15, -0.1) is 0 Å². The number of carbonyl (C=O) groups excluding carboxylic acids is 1. The normalized spacial score (nSPS) is 10.3. The molecule has 2 amide bonds. The topological polar surface area (TPSA) is 78.9 Å². The van der Waals surface area contributed by atoms with Gasteiger partial charge in [-0.1, -0.05) is 30.7 Å². The second-order valence-corrected chi connectivity index (χ2v) is 6.42. The number of aryl methyl sites for hydroxylation is 2. The zero-order valence-electron chi connectivity index (χ0n) is 15.1. The predicted octanol–water partition coefficient (Wildman–Crippen LogP) is 5.39. The van der Waals surface area contributed by atoms with Crippen molar-refractivity contribution < 1.29 is 4.79 Å². The fourth-order valence-electron chi connectivity index (χ4n) is 2.60. The third kappa shape index (κ3) is 5.18. The maximum Gasteiger partial charge on any atom is 0.323 e. The molecule has 0 atom stereocenters. The number of benzene rings is 2. The van der Waals surface area contributed by atoms with Crippen LogP contribution in [0.2, 0.25) is 5.02 Å². The lowest BCUT2D eigenvalue weighted by Crippen LogP contribution is -2.20.